The van der Waals surface area contributed by atoms with E-state index >= 15 is 0 Å². The molecule has 0 spiro atoms. The van der Waals surface area contributed by atoms with Gasteiger partial charge in [-0.3, -0.25) is 4.79 Å². The molecule has 1 aliphatic carbocycles. The zero-order valence-corrected chi connectivity index (χ0v) is 16.1. The van der Waals surface area contributed by atoms with Crippen molar-refractivity contribution in [3.05, 3.63) is 24.3 Å². The topological polar surface area (TPSA) is 94.8 Å². The molecule has 5 nitrogen and oxygen atoms in total. The Hall–Kier alpha value is -1.53. The number of hydrogen-bond donors (Lipinski definition) is 3. The number of alkyl halides is 1. The fourth-order valence-electron chi connectivity index (χ4n) is 3.40. The highest BCUT2D eigenvalue weighted by Crippen LogP contribution is 2.33. The van der Waals surface area contributed by atoms with Crippen LogP contribution in [0.1, 0.15) is 64.7 Å². The number of Topliss-reactive ketones (excluding diaryl/α,β-unsaturated/α-hetero) is 1. The number of carboxylic acid groups (broad SMARTS) is 1. The van der Waals surface area contributed by atoms with Crippen molar-refractivity contribution in [1.29, 1.82) is 0 Å². The lowest BCUT2D eigenvalue weighted by atomic mass is 9.89. The van der Waals surface area contributed by atoms with Crippen molar-refractivity contribution in [2.45, 2.75) is 76.4 Å². The third-order valence-electron chi connectivity index (χ3n) is 5.23. The number of carbonyl (C=O) groups is 2. The SMILES string of the molecule is CCCCC(O)(CF)CC=C[C@H]1CCC(=O)[C@@H]1CC=CCCC(O)C(=O)O. The monoisotopic (exact) mass is 384 g/mol. The smallest absolute Gasteiger partial charge is 0.332 e. The summed E-state index contributed by atoms with van der Waals surface area (Å²) in [7, 11) is 0. The standard InChI is InChI=1S/C21H33FO5/c1-2-3-13-21(27,15-22)14-7-8-16-11-12-18(23)17(16)9-5-4-6-10-19(24)20(25)26/h4-5,7-8,16-17,19,24,27H,2-3,6,9-15H2,1H3,(H,25,26)/t16-,17+,19?,21?/m0/s1. The van der Waals surface area contributed by atoms with Crippen molar-refractivity contribution in [3.8, 4) is 0 Å². The van der Waals surface area contributed by atoms with Crippen LogP contribution in [-0.2, 0) is 9.59 Å². The number of aliphatic hydroxyl groups excluding tert-OH is 1. The summed E-state index contributed by atoms with van der Waals surface area (Å²) in [5.74, 6) is -1.07. The minimum atomic E-state index is -1.36. The lowest BCUT2D eigenvalue weighted by Crippen LogP contribution is -2.30. The predicted molar refractivity (Wildman–Crippen MR) is 102 cm³/mol. The molecule has 27 heavy (non-hydrogen) atoms. The van der Waals surface area contributed by atoms with Gasteiger partial charge in [0.1, 0.15) is 12.5 Å². The van der Waals surface area contributed by atoms with Crippen molar-refractivity contribution < 1.29 is 29.3 Å². The molecular formula is C21H33FO5. The van der Waals surface area contributed by atoms with E-state index < -0.39 is 24.3 Å². The maximum absolute atomic E-state index is 13.1. The van der Waals surface area contributed by atoms with Crippen molar-refractivity contribution in [2.24, 2.45) is 11.8 Å². The number of aliphatic hydroxyl groups is 2. The number of rotatable bonds is 13. The second-order valence-electron chi connectivity index (χ2n) is 7.51. The van der Waals surface area contributed by atoms with Gasteiger partial charge in [0.05, 0.1) is 5.60 Å². The fourth-order valence-corrected chi connectivity index (χ4v) is 3.40. The number of halogens is 1. The zero-order valence-electron chi connectivity index (χ0n) is 16.1. The first-order chi connectivity index (χ1) is 12.8. The van der Waals surface area contributed by atoms with Crippen molar-refractivity contribution >= 4 is 11.8 Å². The largest absolute Gasteiger partial charge is 0.479 e. The van der Waals surface area contributed by atoms with Gasteiger partial charge in [-0.1, -0.05) is 44.1 Å². The summed E-state index contributed by atoms with van der Waals surface area (Å²) in [6.45, 7) is 1.23. The van der Waals surface area contributed by atoms with Crippen LogP contribution in [-0.4, -0.2) is 45.5 Å². The Morgan fingerprint density at radius 2 is 2.11 bits per heavy atom. The summed E-state index contributed by atoms with van der Waals surface area (Å²) in [5, 5.41) is 28.1. The number of aliphatic carboxylic acids is 1. The van der Waals surface area contributed by atoms with E-state index in [9.17, 15) is 24.2 Å². The molecule has 6 heteroatoms. The minimum Gasteiger partial charge on any atom is -0.479 e. The van der Waals surface area contributed by atoms with Gasteiger partial charge < -0.3 is 15.3 Å². The summed E-state index contributed by atoms with van der Waals surface area (Å²) < 4.78 is 13.1. The minimum absolute atomic E-state index is 0.0850. The highest BCUT2D eigenvalue weighted by molar-refractivity contribution is 5.83. The molecule has 154 valence electrons. The third-order valence-corrected chi connectivity index (χ3v) is 5.23. The van der Waals surface area contributed by atoms with Crippen LogP contribution in [0.15, 0.2) is 24.3 Å². The van der Waals surface area contributed by atoms with Crippen LogP contribution in [0.4, 0.5) is 4.39 Å². The van der Waals surface area contributed by atoms with Crippen molar-refractivity contribution in [3.63, 3.8) is 0 Å². The molecule has 0 aromatic carbocycles. The summed E-state index contributed by atoms with van der Waals surface area (Å²) in [6.07, 6.45) is 10.8. The van der Waals surface area contributed by atoms with Crippen LogP contribution in [0.3, 0.4) is 0 Å². The number of carboxylic acids is 1. The second kappa shape index (κ2) is 12.0. The molecule has 1 saturated carbocycles. The molecule has 0 aromatic heterocycles. The van der Waals surface area contributed by atoms with Crippen LogP contribution in [0.5, 0.6) is 0 Å². The van der Waals surface area contributed by atoms with Gasteiger partial charge in [-0.25, -0.2) is 9.18 Å². The van der Waals surface area contributed by atoms with E-state index in [1.165, 1.54) is 0 Å². The Bertz CT molecular complexity index is 531. The van der Waals surface area contributed by atoms with Gasteiger partial charge in [0.2, 0.25) is 0 Å². The lowest BCUT2D eigenvalue weighted by molar-refractivity contribution is -0.146. The molecule has 0 bridgehead atoms. The van der Waals surface area contributed by atoms with Crippen LogP contribution in [0.25, 0.3) is 0 Å². The normalized spacial score (nSPS) is 23.9. The molecule has 1 fully saturated rings. The molecule has 3 N–H and O–H groups in total. The number of carbonyl (C=O) groups excluding carboxylic acids is 1. The molecule has 0 radical (unpaired) electrons. The first-order valence-electron chi connectivity index (χ1n) is 9.86. The number of allylic oxidation sites excluding steroid dienone is 3. The van der Waals surface area contributed by atoms with Gasteiger partial charge in [-0.15, -0.1) is 0 Å². The van der Waals surface area contributed by atoms with Gasteiger partial charge in [-0.2, -0.15) is 0 Å². The summed E-state index contributed by atoms with van der Waals surface area (Å²) >= 11 is 0. The average Bonchev–Trinajstić information content (AvgIpc) is 2.99. The molecule has 0 heterocycles. The molecule has 0 amide bonds. The summed E-state index contributed by atoms with van der Waals surface area (Å²) in [4.78, 5) is 22.7. The second-order valence-corrected chi connectivity index (χ2v) is 7.51. The third kappa shape index (κ3) is 8.35. The van der Waals surface area contributed by atoms with E-state index in [4.69, 9.17) is 5.11 Å². The van der Waals surface area contributed by atoms with E-state index in [0.717, 1.165) is 19.3 Å². The molecule has 2 unspecified atom stereocenters. The fraction of sp³-hybridized carbons (Fsp3) is 0.714. The molecule has 0 aromatic rings. The van der Waals surface area contributed by atoms with E-state index in [-0.39, 0.29) is 30.5 Å². The highest BCUT2D eigenvalue weighted by atomic mass is 19.1. The van der Waals surface area contributed by atoms with Crippen LogP contribution < -0.4 is 0 Å². The Morgan fingerprint density at radius 1 is 1.37 bits per heavy atom. The molecule has 1 rings (SSSR count). The lowest BCUT2D eigenvalue weighted by Gasteiger charge is -2.23. The predicted octanol–water partition coefficient (Wildman–Crippen LogP) is 3.59. The number of unbranched alkanes of at least 4 members (excludes halogenated alkanes) is 1. The van der Waals surface area contributed by atoms with Gasteiger partial charge in [0, 0.05) is 12.3 Å². The Morgan fingerprint density at radius 3 is 2.74 bits per heavy atom. The van der Waals surface area contributed by atoms with E-state index in [0.29, 0.717) is 25.7 Å². The van der Waals surface area contributed by atoms with E-state index in [1.54, 1.807) is 12.2 Å². The van der Waals surface area contributed by atoms with Gasteiger partial charge in [-0.05, 0) is 44.4 Å². The van der Waals surface area contributed by atoms with Crippen LogP contribution in [0.2, 0.25) is 0 Å². The average molecular weight is 384 g/mol. The first kappa shape index (κ1) is 23.5. The maximum atomic E-state index is 13.1. The first-order valence-corrected chi connectivity index (χ1v) is 9.86. The van der Waals surface area contributed by atoms with Crippen molar-refractivity contribution in [1.82, 2.24) is 0 Å². The molecule has 1 aliphatic rings. The molecule has 0 saturated heterocycles. The number of ketones is 1. The Balaban J connectivity index is 2.50. The van der Waals surface area contributed by atoms with E-state index in [1.807, 2.05) is 19.1 Å². The highest BCUT2D eigenvalue weighted by Gasteiger charge is 2.32. The summed E-state index contributed by atoms with van der Waals surface area (Å²) in [6, 6.07) is 0. The molecule has 0 aliphatic heterocycles. The van der Waals surface area contributed by atoms with Gasteiger partial charge >= 0.3 is 5.97 Å². The Kier molecular flexibility index (Phi) is 10.5. The summed E-state index contributed by atoms with van der Waals surface area (Å²) in [5.41, 5.74) is -1.31. The van der Waals surface area contributed by atoms with E-state index in [2.05, 4.69) is 0 Å². The Labute approximate surface area is 161 Å². The molecular weight excluding hydrogens is 351 g/mol. The van der Waals surface area contributed by atoms with Crippen LogP contribution in [0, 0.1) is 11.8 Å². The van der Waals surface area contributed by atoms with Gasteiger partial charge in [0.15, 0.2) is 6.10 Å². The quantitative estimate of drug-likeness (QED) is 0.422. The number of hydrogen-bond acceptors (Lipinski definition) is 4. The van der Waals surface area contributed by atoms with Crippen LogP contribution >= 0.6 is 0 Å². The van der Waals surface area contributed by atoms with Gasteiger partial charge in [0.25, 0.3) is 0 Å². The maximum Gasteiger partial charge on any atom is 0.332 e. The zero-order chi connectivity index (χ0) is 20.3. The van der Waals surface area contributed by atoms with Crippen molar-refractivity contribution in [2.75, 3.05) is 6.67 Å². The molecule has 4 atom stereocenters.